The molecule has 2 aliphatic heterocycles. The first-order chi connectivity index (χ1) is 20.0. The maximum atomic E-state index is 13.9. The van der Waals surface area contributed by atoms with E-state index in [1.807, 2.05) is 6.07 Å². The molecule has 0 radical (unpaired) electrons. The average Bonchev–Trinajstić information content (AvgIpc) is 3.59. The minimum atomic E-state index is -2.02. The molecule has 2 aromatic carbocycles. The van der Waals surface area contributed by atoms with Gasteiger partial charge in [-0.2, -0.15) is 5.26 Å². The lowest BCUT2D eigenvalue weighted by atomic mass is 9.76. The van der Waals surface area contributed by atoms with Gasteiger partial charge in [0.05, 0.1) is 34.9 Å². The molecule has 0 saturated carbocycles. The SMILES string of the molecule is Cc1ncc([N+](=O)[O-])n1CCN1C(=O)C2C(c3ccccc3C#N)NC(Cc3ccc([N+](=O)[O-])cc3)(C(=O)O)C2C1=O. The molecule has 2 saturated heterocycles. The van der Waals surface area contributed by atoms with E-state index in [4.69, 9.17) is 0 Å². The number of nitrogens with zero attached hydrogens (tertiary/aromatic N) is 6. The highest BCUT2D eigenvalue weighted by atomic mass is 16.6. The lowest BCUT2D eigenvalue weighted by molar-refractivity contribution is -0.392. The van der Waals surface area contributed by atoms with E-state index in [9.17, 15) is 45.0 Å². The van der Waals surface area contributed by atoms with Crippen molar-refractivity contribution in [2.75, 3.05) is 6.54 Å². The van der Waals surface area contributed by atoms with Crippen molar-refractivity contribution >= 4 is 29.3 Å². The Morgan fingerprint density at radius 2 is 1.79 bits per heavy atom. The fourth-order valence-electron chi connectivity index (χ4n) is 5.99. The van der Waals surface area contributed by atoms with Crippen LogP contribution in [0, 0.1) is 50.3 Å². The first kappa shape index (κ1) is 28.1. The number of carbonyl (C=O) groups excluding carboxylic acids is 2. The summed E-state index contributed by atoms with van der Waals surface area (Å²) in [6.45, 7) is 1.12. The Bertz CT molecular complexity index is 1680. The normalized spacial score (nSPS) is 23.0. The minimum Gasteiger partial charge on any atom is -0.480 e. The lowest BCUT2D eigenvalue weighted by Gasteiger charge is -2.31. The van der Waals surface area contributed by atoms with Crippen LogP contribution in [-0.4, -0.2) is 59.3 Å². The van der Waals surface area contributed by atoms with Crippen LogP contribution in [0.1, 0.15) is 28.6 Å². The molecule has 2 amide bonds. The fourth-order valence-corrected chi connectivity index (χ4v) is 5.99. The van der Waals surface area contributed by atoms with Crippen molar-refractivity contribution in [1.29, 1.82) is 5.26 Å². The van der Waals surface area contributed by atoms with E-state index < -0.39 is 51.0 Å². The Balaban J connectivity index is 1.57. The zero-order chi connectivity index (χ0) is 30.3. The topological polar surface area (TPSA) is 215 Å². The Hall–Kier alpha value is -5.49. The Labute approximate surface area is 237 Å². The second kappa shape index (κ2) is 10.5. The number of amides is 2. The van der Waals surface area contributed by atoms with Crippen LogP contribution in [0.5, 0.6) is 0 Å². The number of benzene rings is 2. The van der Waals surface area contributed by atoms with Gasteiger partial charge in [0.15, 0.2) is 5.82 Å². The van der Waals surface area contributed by atoms with Gasteiger partial charge in [-0.05, 0) is 22.1 Å². The second-order valence-corrected chi connectivity index (χ2v) is 10.1. The fraction of sp³-hybridized carbons (Fsp3) is 0.296. The molecule has 214 valence electrons. The number of rotatable bonds is 9. The van der Waals surface area contributed by atoms with Crippen LogP contribution in [0.3, 0.4) is 0 Å². The third kappa shape index (κ3) is 4.43. The summed E-state index contributed by atoms with van der Waals surface area (Å²) in [7, 11) is 0. The van der Waals surface area contributed by atoms with Gasteiger partial charge in [-0.3, -0.25) is 34.7 Å². The maximum absolute atomic E-state index is 13.9. The number of nitrogens with one attached hydrogen (secondary N) is 1. The number of nitro benzene ring substituents is 1. The third-order valence-corrected chi connectivity index (χ3v) is 7.94. The van der Waals surface area contributed by atoms with Gasteiger partial charge in [0.25, 0.3) is 5.69 Å². The molecule has 5 rings (SSSR count). The predicted molar refractivity (Wildman–Crippen MR) is 142 cm³/mol. The summed E-state index contributed by atoms with van der Waals surface area (Å²) >= 11 is 0. The van der Waals surface area contributed by atoms with Gasteiger partial charge < -0.3 is 15.2 Å². The largest absolute Gasteiger partial charge is 0.480 e. The Morgan fingerprint density at radius 1 is 1.10 bits per heavy atom. The number of fused-ring (bicyclic) bond motifs is 1. The van der Waals surface area contributed by atoms with Crippen LogP contribution >= 0.6 is 0 Å². The number of aliphatic carboxylic acids is 1. The molecular formula is C27H23N7O8. The van der Waals surface area contributed by atoms with E-state index in [1.54, 1.807) is 18.2 Å². The van der Waals surface area contributed by atoms with Gasteiger partial charge in [-0.1, -0.05) is 30.3 Å². The summed E-state index contributed by atoms with van der Waals surface area (Å²) in [6.07, 6.45) is 0.766. The average molecular weight is 574 g/mol. The number of aromatic nitrogens is 2. The van der Waals surface area contributed by atoms with Gasteiger partial charge in [0.2, 0.25) is 11.8 Å². The number of imide groups is 1. The molecule has 1 aromatic heterocycles. The lowest BCUT2D eigenvalue weighted by Crippen LogP contribution is -2.57. The predicted octanol–water partition coefficient (Wildman–Crippen LogP) is 1.89. The summed E-state index contributed by atoms with van der Waals surface area (Å²) in [5.74, 6) is -5.53. The van der Waals surface area contributed by atoms with E-state index in [-0.39, 0.29) is 36.6 Å². The first-order valence-corrected chi connectivity index (χ1v) is 12.8. The number of non-ortho nitro benzene ring substituents is 1. The van der Waals surface area contributed by atoms with Crippen LogP contribution in [0.25, 0.3) is 0 Å². The minimum absolute atomic E-state index is 0.144. The number of carboxylic acids is 1. The molecule has 0 bridgehead atoms. The highest BCUT2D eigenvalue weighted by molar-refractivity contribution is 6.09. The summed E-state index contributed by atoms with van der Waals surface area (Å²) in [5, 5.41) is 45.9. The number of imidazole rings is 1. The smallest absolute Gasteiger partial charge is 0.342 e. The van der Waals surface area contributed by atoms with Gasteiger partial charge in [-0.25, -0.2) is 9.55 Å². The van der Waals surface area contributed by atoms with Crippen molar-refractivity contribution in [3.05, 3.63) is 97.5 Å². The van der Waals surface area contributed by atoms with E-state index in [0.29, 0.717) is 17.0 Å². The van der Waals surface area contributed by atoms with Gasteiger partial charge in [0, 0.05) is 31.5 Å². The van der Waals surface area contributed by atoms with Crippen molar-refractivity contribution in [3.8, 4) is 6.07 Å². The van der Waals surface area contributed by atoms with Gasteiger partial charge in [0.1, 0.15) is 18.3 Å². The molecule has 0 spiro atoms. The van der Waals surface area contributed by atoms with Crippen LogP contribution in [-0.2, 0) is 27.3 Å². The first-order valence-electron chi connectivity index (χ1n) is 12.8. The zero-order valence-electron chi connectivity index (χ0n) is 22.0. The van der Waals surface area contributed by atoms with Crippen molar-refractivity contribution < 1.29 is 29.3 Å². The number of hydrogen-bond acceptors (Lipinski definition) is 10. The van der Waals surface area contributed by atoms with E-state index >= 15 is 0 Å². The van der Waals surface area contributed by atoms with Crippen molar-refractivity contribution in [1.82, 2.24) is 19.8 Å². The summed E-state index contributed by atoms with van der Waals surface area (Å²) in [6, 6.07) is 12.6. The van der Waals surface area contributed by atoms with E-state index in [2.05, 4.69) is 10.3 Å². The number of likely N-dealkylation sites (tertiary alicyclic amines) is 1. The number of aryl methyl sites for hydroxylation is 1. The highest BCUT2D eigenvalue weighted by Crippen LogP contribution is 2.50. The van der Waals surface area contributed by atoms with Crippen molar-refractivity contribution in [2.24, 2.45) is 11.8 Å². The molecule has 3 aromatic rings. The number of hydrogen-bond donors (Lipinski definition) is 2. The summed E-state index contributed by atoms with van der Waals surface area (Å²) in [5.41, 5.74) is -1.33. The molecule has 2 aliphatic rings. The molecule has 2 N–H and O–H groups in total. The van der Waals surface area contributed by atoms with Crippen LogP contribution < -0.4 is 5.32 Å². The molecule has 15 heteroatoms. The van der Waals surface area contributed by atoms with Crippen molar-refractivity contribution in [3.63, 3.8) is 0 Å². The molecule has 15 nitrogen and oxygen atoms in total. The number of nitro groups is 2. The summed E-state index contributed by atoms with van der Waals surface area (Å²) < 4.78 is 1.25. The standard InChI is InChI=1S/C27H23N7O8/c1-15-29-14-20(34(41)42)31(15)10-11-32-24(35)21-22(25(32)36)27(26(37)38,12-16-6-8-18(9-7-16)33(39)40)30-23(21)19-5-3-2-4-17(19)13-28/h2-9,14,21-23,30H,10-12H2,1H3,(H,37,38). The molecule has 4 atom stereocenters. The van der Waals surface area contributed by atoms with Gasteiger partial charge >= 0.3 is 11.8 Å². The molecule has 3 heterocycles. The second-order valence-electron chi connectivity index (χ2n) is 10.1. The molecule has 42 heavy (non-hydrogen) atoms. The van der Waals surface area contributed by atoms with Crippen LogP contribution in [0.15, 0.2) is 54.7 Å². The van der Waals surface area contributed by atoms with Crippen LogP contribution in [0.4, 0.5) is 11.5 Å². The number of carboxylic acid groups (broad SMARTS) is 1. The highest BCUT2D eigenvalue weighted by Gasteiger charge is 2.68. The number of carbonyl (C=O) groups is 3. The molecule has 0 aliphatic carbocycles. The van der Waals surface area contributed by atoms with E-state index in [0.717, 1.165) is 11.1 Å². The van der Waals surface area contributed by atoms with Gasteiger partial charge in [-0.15, -0.1) is 0 Å². The Morgan fingerprint density at radius 3 is 2.40 bits per heavy atom. The Kier molecular flexibility index (Phi) is 7.00. The quantitative estimate of drug-likeness (QED) is 0.214. The maximum Gasteiger partial charge on any atom is 0.342 e. The zero-order valence-corrected chi connectivity index (χ0v) is 22.0. The van der Waals surface area contributed by atoms with Crippen molar-refractivity contribution in [2.45, 2.75) is 31.5 Å². The third-order valence-electron chi connectivity index (χ3n) is 7.94. The monoisotopic (exact) mass is 573 g/mol. The van der Waals surface area contributed by atoms with E-state index in [1.165, 1.54) is 41.8 Å². The summed E-state index contributed by atoms with van der Waals surface area (Å²) in [4.78, 5) is 67.0. The number of nitriles is 1. The molecule has 4 unspecified atom stereocenters. The van der Waals surface area contributed by atoms with Crippen LogP contribution in [0.2, 0.25) is 0 Å². The molecular weight excluding hydrogens is 550 g/mol. The molecule has 2 fully saturated rings.